The molecule has 0 unspecified atom stereocenters. The van der Waals surface area contributed by atoms with E-state index in [1.54, 1.807) is 11.3 Å². The van der Waals surface area contributed by atoms with Crippen molar-refractivity contribution in [3.05, 3.63) is 53.8 Å². The third-order valence-corrected chi connectivity index (χ3v) is 6.55. The van der Waals surface area contributed by atoms with Crippen LogP contribution in [0.1, 0.15) is 58.8 Å². The van der Waals surface area contributed by atoms with E-state index in [0.717, 1.165) is 42.3 Å². The summed E-state index contributed by atoms with van der Waals surface area (Å²) in [5.74, 6) is 1.00. The summed E-state index contributed by atoms with van der Waals surface area (Å²) in [6, 6.07) is 11.2. The average molecular weight is 473 g/mol. The maximum atomic E-state index is 12.6. The molecule has 0 radical (unpaired) electrons. The van der Waals surface area contributed by atoms with Crippen LogP contribution >= 0.6 is 11.3 Å². The molecular weight excluding hydrogens is 447 g/mol. The number of likely N-dealkylation sites (tertiary alicyclic amines) is 1. The number of aryl methyl sites for hydroxylation is 1. The molecule has 4 heteroatoms. The molecule has 0 N–H and O–H groups in total. The van der Waals surface area contributed by atoms with Gasteiger partial charge in [0.25, 0.3) is 5.91 Å². The van der Waals surface area contributed by atoms with E-state index in [4.69, 9.17) is 0 Å². The molecule has 2 aromatic rings. The number of hydrogen-bond donors (Lipinski definition) is 0. The first-order valence-corrected chi connectivity index (χ1v) is 9.54. The van der Waals surface area contributed by atoms with Gasteiger partial charge in [-0.15, -0.1) is 11.3 Å². The van der Waals surface area contributed by atoms with Gasteiger partial charge in [-0.2, -0.15) is 0 Å². The Morgan fingerprint density at radius 2 is 1.72 bits per heavy atom. The van der Waals surface area contributed by atoms with Crippen molar-refractivity contribution < 1.29 is 73.7 Å². The molecular formula is C21H26CsNOS. The van der Waals surface area contributed by atoms with Crippen molar-refractivity contribution >= 4 is 17.2 Å². The summed E-state index contributed by atoms with van der Waals surface area (Å²) in [6.45, 7) is 3.90. The number of carbonyl (C=O) groups is 1. The Balaban J connectivity index is 0.00000113. The van der Waals surface area contributed by atoms with Crippen molar-refractivity contribution in [3.63, 3.8) is 0 Å². The fraction of sp³-hybridized carbons (Fsp3) is 0.429. The molecule has 1 saturated carbocycles. The predicted octanol–water partition coefficient (Wildman–Crippen LogP) is 2.68. The molecule has 1 aliphatic heterocycles. The Bertz CT molecular complexity index is 712. The summed E-state index contributed by atoms with van der Waals surface area (Å²) in [5.41, 5.74) is 3.83. The van der Waals surface area contributed by atoms with Gasteiger partial charge in [0.15, 0.2) is 0 Å². The van der Waals surface area contributed by atoms with E-state index in [2.05, 4.69) is 37.3 Å². The first-order chi connectivity index (χ1) is 11.2. The number of rotatable bonds is 3. The third kappa shape index (κ3) is 4.65. The van der Waals surface area contributed by atoms with Gasteiger partial charge in [-0.3, -0.25) is 4.79 Å². The van der Waals surface area contributed by atoms with Crippen LogP contribution in [0.25, 0.3) is 10.4 Å². The fourth-order valence-corrected chi connectivity index (χ4v) is 4.71. The minimum Gasteiger partial charge on any atom is -0.358 e. The van der Waals surface area contributed by atoms with Crippen LogP contribution in [0, 0.1) is 14.4 Å². The minimum absolute atomic E-state index is 0. The minimum atomic E-state index is 0. The Morgan fingerprint density at radius 3 is 2.28 bits per heavy atom. The smallest absolute Gasteiger partial charge is 0.358 e. The molecule has 25 heavy (non-hydrogen) atoms. The van der Waals surface area contributed by atoms with Gasteiger partial charge in [-0.05, 0) is 61.3 Å². The monoisotopic (exact) mass is 473 g/mol. The van der Waals surface area contributed by atoms with E-state index in [-0.39, 0.29) is 82.2 Å². The molecule has 2 aliphatic rings. The fourth-order valence-electron chi connectivity index (χ4n) is 3.56. The quantitative estimate of drug-likeness (QED) is 0.628. The largest absolute Gasteiger partial charge is 1.00 e. The van der Waals surface area contributed by atoms with Gasteiger partial charge in [0.05, 0.1) is 4.88 Å². The normalized spacial score (nSPS) is 16.8. The summed E-state index contributed by atoms with van der Waals surface area (Å²) >= 11 is 1.65. The Morgan fingerprint density at radius 1 is 1.08 bits per heavy atom. The van der Waals surface area contributed by atoms with Gasteiger partial charge in [0.1, 0.15) is 0 Å². The van der Waals surface area contributed by atoms with Gasteiger partial charge in [-0.1, -0.05) is 30.7 Å². The summed E-state index contributed by atoms with van der Waals surface area (Å²) in [4.78, 5) is 16.8. The second-order valence-electron chi connectivity index (χ2n) is 6.87. The van der Waals surface area contributed by atoms with E-state index in [0.29, 0.717) is 0 Å². The molecule has 1 amide bonds. The molecule has 2 heterocycles. The SMILES string of the molecule is Cc1cc(-c2ccc(C3CCC3)cc2)sc1C(=O)N1CCCC1.[CH3-].[Cs+]. The average Bonchev–Trinajstić information content (AvgIpc) is 3.15. The molecule has 0 bridgehead atoms. The number of nitrogens with zero attached hydrogens (tertiary/aromatic N) is 1. The van der Waals surface area contributed by atoms with E-state index >= 15 is 0 Å². The van der Waals surface area contributed by atoms with Crippen LogP contribution in [0.4, 0.5) is 0 Å². The van der Waals surface area contributed by atoms with Gasteiger partial charge >= 0.3 is 68.9 Å². The van der Waals surface area contributed by atoms with Gasteiger partial charge < -0.3 is 12.3 Å². The van der Waals surface area contributed by atoms with Crippen molar-refractivity contribution in [2.75, 3.05) is 13.1 Å². The summed E-state index contributed by atoms with van der Waals surface area (Å²) in [7, 11) is 0. The van der Waals surface area contributed by atoms with Gasteiger partial charge in [0.2, 0.25) is 0 Å². The van der Waals surface area contributed by atoms with Gasteiger partial charge in [0, 0.05) is 18.0 Å². The van der Waals surface area contributed by atoms with Crippen molar-refractivity contribution in [1.29, 1.82) is 0 Å². The zero-order chi connectivity index (χ0) is 15.8. The van der Waals surface area contributed by atoms with E-state index in [1.165, 1.54) is 35.3 Å². The molecule has 1 aromatic heterocycles. The number of carbonyl (C=O) groups excluding carboxylic acids is 1. The Kier molecular flexibility index (Phi) is 8.33. The maximum Gasteiger partial charge on any atom is 1.00 e. The van der Waals surface area contributed by atoms with E-state index < -0.39 is 0 Å². The molecule has 2 fully saturated rings. The second kappa shape index (κ2) is 9.58. The molecule has 2 nitrogen and oxygen atoms in total. The summed E-state index contributed by atoms with van der Waals surface area (Å²) < 4.78 is 0. The van der Waals surface area contributed by atoms with Crippen LogP contribution in [0.5, 0.6) is 0 Å². The van der Waals surface area contributed by atoms with E-state index in [1.807, 2.05) is 4.90 Å². The molecule has 0 atom stereocenters. The molecule has 128 valence electrons. The molecule has 4 rings (SSSR count). The zero-order valence-corrected chi connectivity index (χ0v) is 22.8. The van der Waals surface area contributed by atoms with Crippen molar-refractivity contribution in [1.82, 2.24) is 4.90 Å². The number of hydrogen-bond acceptors (Lipinski definition) is 2. The third-order valence-electron chi connectivity index (χ3n) is 5.28. The predicted molar refractivity (Wildman–Crippen MR) is 103 cm³/mol. The maximum absolute atomic E-state index is 12.6. The number of amides is 1. The zero-order valence-electron chi connectivity index (χ0n) is 15.7. The van der Waals surface area contributed by atoms with Crippen LogP contribution < -0.4 is 68.9 Å². The first-order valence-electron chi connectivity index (χ1n) is 8.72. The summed E-state index contributed by atoms with van der Waals surface area (Å²) in [6.07, 6.45) is 6.34. The molecule has 1 aliphatic carbocycles. The van der Waals surface area contributed by atoms with Crippen LogP contribution in [0.2, 0.25) is 0 Å². The molecule has 0 spiro atoms. The topological polar surface area (TPSA) is 20.3 Å². The van der Waals surface area contributed by atoms with Crippen LogP contribution in [-0.2, 0) is 0 Å². The van der Waals surface area contributed by atoms with Gasteiger partial charge in [-0.25, -0.2) is 0 Å². The number of thiophene rings is 1. The Labute approximate surface area is 214 Å². The van der Waals surface area contributed by atoms with Crippen molar-refractivity contribution in [2.24, 2.45) is 0 Å². The van der Waals surface area contributed by atoms with E-state index in [9.17, 15) is 4.79 Å². The van der Waals surface area contributed by atoms with Crippen LogP contribution in [-0.4, -0.2) is 23.9 Å². The second-order valence-corrected chi connectivity index (χ2v) is 7.92. The van der Waals surface area contributed by atoms with Crippen molar-refractivity contribution in [2.45, 2.75) is 44.9 Å². The first kappa shape index (κ1) is 21.7. The molecule has 1 saturated heterocycles. The van der Waals surface area contributed by atoms with Crippen molar-refractivity contribution in [3.8, 4) is 10.4 Å². The Hall–Kier alpha value is 0.442. The number of benzene rings is 1. The van der Waals surface area contributed by atoms with Crippen LogP contribution in [0.15, 0.2) is 30.3 Å². The summed E-state index contributed by atoms with van der Waals surface area (Å²) in [5, 5.41) is 0. The molecule has 1 aromatic carbocycles. The standard InChI is InChI=1S/C20H23NOS.CH3.Cs/c1-14-13-18(23-19(14)20(22)21-11-2-3-12-21)17-9-7-16(8-10-17)15-5-4-6-15;;/h7-10,13,15H,2-6,11-12H2,1H3;1H3;/q;-1;+1. The van der Waals surface area contributed by atoms with Crippen LogP contribution in [0.3, 0.4) is 0 Å².